The summed E-state index contributed by atoms with van der Waals surface area (Å²) in [5, 5.41) is 14.1. The van der Waals surface area contributed by atoms with Crippen molar-refractivity contribution >= 4 is 29.9 Å². The topological polar surface area (TPSA) is 104 Å². The van der Waals surface area contributed by atoms with Crippen molar-refractivity contribution in [1.29, 1.82) is 0 Å². The average Bonchev–Trinajstić information content (AvgIpc) is 3.61. The highest BCUT2D eigenvalue weighted by Gasteiger charge is 2.25. The number of nitrogens with one attached hydrogen (secondary N) is 3. The molecule has 1 atom stereocenters. The molecule has 10 heteroatoms. The third-order valence-electron chi connectivity index (χ3n) is 5.53. The van der Waals surface area contributed by atoms with E-state index in [-0.39, 0.29) is 30.0 Å². The predicted octanol–water partition coefficient (Wildman–Crippen LogP) is 3.58. The number of furan rings is 1. The molecule has 3 aromatic rings. The Labute approximate surface area is 211 Å². The molecule has 178 valence electrons. The maximum Gasteiger partial charge on any atom is 0.191 e. The van der Waals surface area contributed by atoms with E-state index in [0.717, 1.165) is 42.7 Å². The third kappa shape index (κ3) is 6.70. The summed E-state index contributed by atoms with van der Waals surface area (Å²) in [5.74, 6) is 3.87. The first-order valence-electron chi connectivity index (χ1n) is 11.1. The van der Waals surface area contributed by atoms with Gasteiger partial charge in [0, 0.05) is 18.7 Å². The van der Waals surface area contributed by atoms with Crippen molar-refractivity contribution in [2.24, 2.45) is 4.99 Å². The molecular weight excluding hydrogens is 533 g/mol. The molecule has 1 saturated heterocycles. The molecule has 1 unspecified atom stereocenters. The van der Waals surface area contributed by atoms with Crippen LogP contribution in [0.5, 0.6) is 5.75 Å². The molecule has 1 aromatic carbocycles. The highest BCUT2D eigenvalue weighted by Crippen LogP contribution is 2.25. The number of H-pyrrole nitrogens is 1. The van der Waals surface area contributed by atoms with Crippen LogP contribution >= 0.6 is 24.0 Å². The normalized spacial score (nSPS) is 15.2. The Balaban J connectivity index is 0.00000306. The Morgan fingerprint density at radius 2 is 2.00 bits per heavy atom. The molecular formula is C23H32IN7O2. The Hall–Kier alpha value is -2.60. The van der Waals surface area contributed by atoms with Crippen molar-refractivity contribution in [3.05, 3.63) is 54.2 Å². The molecule has 1 aliphatic rings. The van der Waals surface area contributed by atoms with Crippen LogP contribution in [0.2, 0.25) is 0 Å². The zero-order chi connectivity index (χ0) is 22.2. The quantitative estimate of drug-likeness (QED) is 0.207. The number of likely N-dealkylation sites (tertiary alicyclic amines) is 1. The van der Waals surface area contributed by atoms with Gasteiger partial charge in [0.2, 0.25) is 0 Å². The summed E-state index contributed by atoms with van der Waals surface area (Å²) < 4.78 is 10.9. The average molecular weight is 565 g/mol. The number of hydrogen-bond donors (Lipinski definition) is 3. The van der Waals surface area contributed by atoms with Gasteiger partial charge in [-0.05, 0) is 69.3 Å². The summed E-state index contributed by atoms with van der Waals surface area (Å²) in [6.45, 7) is 6.12. The van der Waals surface area contributed by atoms with Crippen molar-refractivity contribution < 1.29 is 9.15 Å². The lowest BCUT2D eigenvalue weighted by atomic mass is 10.2. The van der Waals surface area contributed by atoms with Crippen LogP contribution in [0.1, 0.15) is 37.4 Å². The molecule has 0 saturated carbocycles. The minimum Gasteiger partial charge on any atom is -0.497 e. The zero-order valence-electron chi connectivity index (χ0n) is 19.1. The van der Waals surface area contributed by atoms with Crippen LogP contribution in [0.3, 0.4) is 0 Å². The minimum atomic E-state index is 0. The van der Waals surface area contributed by atoms with Crippen LogP contribution < -0.4 is 15.4 Å². The molecule has 9 nitrogen and oxygen atoms in total. The number of aromatic amines is 1. The van der Waals surface area contributed by atoms with Crippen molar-refractivity contribution in [3.8, 4) is 17.1 Å². The van der Waals surface area contributed by atoms with Crippen LogP contribution in [0.4, 0.5) is 0 Å². The minimum absolute atomic E-state index is 0. The molecule has 0 aliphatic carbocycles. The van der Waals surface area contributed by atoms with E-state index in [1.165, 1.54) is 12.8 Å². The fraction of sp³-hybridized carbons (Fsp3) is 0.435. The zero-order valence-corrected chi connectivity index (χ0v) is 21.4. The lowest BCUT2D eigenvalue weighted by molar-refractivity contribution is 0.215. The fourth-order valence-corrected chi connectivity index (χ4v) is 3.87. The highest BCUT2D eigenvalue weighted by molar-refractivity contribution is 14.0. The summed E-state index contributed by atoms with van der Waals surface area (Å²) in [6.07, 6.45) is 4.20. The van der Waals surface area contributed by atoms with E-state index in [4.69, 9.17) is 9.15 Å². The molecule has 3 N–H and O–H groups in total. The lowest BCUT2D eigenvalue weighted by Crippen LogP contribution is -2.42. The molecule has 2 aromatic heterocycles. The van der Waals surface area contributed by atoms with E-state index >= 15 is 0 Å². The van der Waals surface area contributed by atoms with Gasteiger partial charge < -0.3 is 19.8 Å². The Morgan fingerprint density at radius 1 is 1.21 bits per heavy atom. The number of benzene rings is 1. The van der Waals surface area contributed by atoms with Gasteiger partial charge in [-0.2, -0.15) is 5.10 Å². The number of nitrogens with zero attached hydrogens (tertiary/aromatic N) is 4. The Bertz CT molecular complexity index is 983. The first-order valence-corrected chi connectivity index (χ1v) is 11.1. The number of aromatic nitrogens is 3. The van der Waals surface area contributed by atoms with Crippen molar-refractivity contribution in [2.75, 3.05) is 33.3 Å². The number of methoxy groups -OCH3 is 1. The number of ether oxygens (including phenoxy) is 1. The maximum atomic E-state index is 5.72. The summed E-state index contributed by atoms with van der Waals surface area (Å²) in [7, 11) is 1.65. The van der Waals surface area contributed by atoms with Gasteiger partial charge >= 0.3 is 0 Å². The SMILES string of the molecule is CCNC(=NCc1nc(-c2ccc(OC)cc2)n[nH]1)NCC(c1ccco1)N1CCCC1.I. The maximum absolute atomic E-state index is 5.72. The van der Waals surface area contributed by atoms with E-state index in [1.807, 2.05) is 36.4 Å². The number of halogens is 1. The van der Waals surface area contributed by atoms with Gasteiger partial charge in [0.05, 0.1) is 19.4 Å². The predicted molar refractivity (Wildman–Crippen MR) is 139 cm³/mol. The summed E-state index contributed by atoms with van der Waals surface area (Å²) >= 11 is 0. The van der Waals surface area contributed by atoms with Crippen LogP contribution in [0.25, 0.3) is 11.4 Å². The first-order chi connectivity index (χ1) is 15.8. The fourth-order valence-electron chi connectivity index (χ4n) is 3.87. The van der Waals surface area contributed by atoms with Gasteiger partial charge in [-0.15, -0.1) is 24.0 Å². The Morgan fingerprint density at radius 3 is 2.67 bits per heavy atom. The van der Waals surface area contributed by atoms with Crippen molar-refractivity contribution in [3.63, 3.8) is 0 Å². The second-order valence-corrected chi connectivity index (χ2v) is 7.68. The molecule has 3 heterocycles. The summed E-state index contributed by atoms with van der Waals surface area (Å²) in [5.41, 5.74) is 0.925. The van der Waals surface area contributed by atoms with Gasteiger partial charge in [-0.25, -0.2) is 9.98 Å². The van der Waals surface area contributed by atoms with Gasteiger partial charge in [0.1, 0.15) is 23.9 Å². The molecule has 0 radical (unpaired) electrons. The van der Waals surface area contributed by atoms with Gasteiger partial charge in [0.15, 0.2) is 11.8 Å². The molecule has 0 bridgehead atoms. The summed E-state index contributed by atoms with van der Waals surface area (Å²) in [4.78, 5) is 11.7. The van der Waals surface area contributed by atoms with Crippen molar-refractivity contribution in [2.45, 2.75) is 32.4 Å². The summed E-state index contributed by atoms with van der Waals surface area (Å²) in [6, 6.07) is 11.8. The number of hydrogen-bond acceptors (Lipinski definition) is 6. The third-order valence-corrected chi connectivity index (χ3v) is 5.53. The molecule has 1 fully saturated rings. The molecule has 0 spiro atoms. The molecule has 1 aliphatic heterocycles. The molecule has 4 rings (SSSR count). The van der Waals surface area contributed by atoms with Gasteiger partial charge in [0.25, 0.3) is 0 Å². The van der Waals surface area contributed by atoms with E-state index in [1.54, 1.807) is 13.4 Å². The van der Waals surface area contributed by atoms with Gasteiger partial charge in [-0.3, -0.25) is 10.00 Å². The molecule has 0 amide bonds. The van der Waals surface area contributed by atoms with E-state index in [2.05, 4.69) is 42.6 Å². The number of aliphatic imine (C=N–C) groups is 1. The number of guanidine groups is 1. The van der Waals surface area contributed by atoms with Crippen LogP contribution in [-0.4, -0.2) is 59.3 Å². The van der Waals surface area contributed by atoms with Crippen LogP contribution in [-0.2, 0) is 6.54 Å². The molecule has 33 heavy (non-hydrogen) atoms. The number of rotatable bonds is 9. The van der Waals surface area contributed by atoms with Gasteiger partial charge in [-0.1, -0.05) is 0 Å². The van der Waals surface area contributed by atoms with E-state index < -0.39 is 0 Å². The van der Waals surface area contributed by atoms with Crippen LogP contribution in [0, 0.1) is 0 Å². The standard InChI is InChI=1S/C23H31N7O2.HI/c1-3-24-23(25-15-19(20-7-6-14-32-20)30-12-4-5-13-30)26-16-21-27-22(29-28-21)17-8-10-18(31-2)11-9-17;/h6-11,14,19H,3-5,12-13,15-16H2,1-2H3,(H2,24,25,26)(H,27,28,29);1H. The second-order valence-electron chi connectivity index (χ2n) is 7.68. The first kappa shape index (κ1) is 25.0. The largest absolute Gasteiger partial charge is 0.497 e. The highest BCUT2D eigenvalue weighted by atomic mass is 127. The van der Waals surface area contributed by atoms with E-state index in [0.29, 0.717) is 24.7 Å². The smallest absolute Gasteiger partial charge is 0.191 e. The second kappa shape index (κ2) is 12.6. The monoisotopic (exact) mass is 565 g/mol. The lowest BCUT2D eigenvalue weighted by Gasteiger charge is -2.26. The Kier molecular flexibility index (Phi) is 9.55. The van der Waals surface area contributed by atoms with E-state index in [9.17, 15) is 0 Å². The van der Waals surface area contributed by atoms with Crippen LogP contribution in [0.15, 0.2) is 52.1 Å². The van der Waals surface area contributed by atoms with Crippen molar-refractivity contribution in [1.82, 2.24) is 30.7 Å².